The van der Waals surface area contributed by atoms with Gasteiger partial charge >= 0.3 is 0 Å². The molecule has 31 heavy (non-hydrogen) atoms. The molecule has 8 nitrogen and oxygen atoms in total. The summed E-state index contributed by atoms with van der Waals surface area (Å²) in [4.78, 5) is 23.9. The van der Waals surface area contributed by atoms with Crippen molar-refractivity contribution in [3.05, 3.63) is 71.0 Å². The average Bonchev–Trinajstić information content (AvgIpc) is 3.48. The van der Waals surface area contributed by atoms with E-state index in [2.05, 4.69) is 15.5 Å². The van der Waals surface area contributed by atoms with E-state index in [4.69, 9.17) is 10.2 Å². The van der Waals surface area contributed by atoms with Crippen molar-refractivity contribution >= 4 is 39.9 Å². The largest absolute Gasteiger partial charge is 0.469 e. The highest BCUT2D eigenvalue weighted by molar-refractivity contribution is 7.99. The van der Waals surface area contributed by atoms with Gasteiger partial charge in [-0.05, 0) is 30.0 Å². The van der Waals surface area contributed by atoms with Crippen LogP contribution in [0.2, 0.25) is 0 Å². The zero-order valence-electron chi connectivity index (χ0n) is 16.6. The first-order valence-corrected chi connectivity index (χ1v) is 11.2. The van der Waals surface area contributed by atoms with Crippen LogP contribution in [0.1, 0.15) is 21.7 Å². The third-order valence-corrected chi connectivity index (χ3v) is 6.31. The Hall–Kier alpha value is -3.37. The monoisotopic (exact) mass is 453 g/mol. The van der Waals surface area contributed by atoms with Gasteiger partial charge in [0, 0.05) is 0 Å². The molecule has 4 aromatic rings. The number of aromatic nitrogens is 3. The number of thiophene rings is 1. The number of aryl methyl sites for hydroxylation is 1. The minimum Gasteiger partial charge on any atom is -0.469 e. The molecule has 0 fully saturated rings. The second kappa shape index (κ2) is 9.19. The van der Waals surface area contributed by atoms with Crippen LogP contribution in [0.25, 0.3) is 11.4 Å². The standard InChI is InChI=1S/C21H19N5O3S2/c1-13-15(7-9-29-13)19-24-25-21(26(19)11-14-5-3-2-4-6-14)31-12-17(27)23-20-16(18(22)28)8-10-30-20/h2-10H,11-12H2,1H3,(H2,22,28)(H,23,27). The minimum absolute atomic E-state index is 0.105. The Labute approximate surface area is 186 Å². The van der Waals surface area contributed by atoms with Crippen LogP contribution in [0, 0.1) is 6.92 Å². The Balaban J connectivity index is 1.54. The molecule has 0 spiro atoms. The van der Waals surface area contributed by atoms with Crippen LogP contribution >= 0.6 is 23.1 Å². The molecule has 158 valence electrons. The molecule has 0 saturated carbocycles. The number of hydrogen-bond acceptors (Lipinski definition) is 7. The predicted molar refractivity (Wildman–Crippen MR) is 120 cm³/mol. The summed E-state index contributed by atoms with van der Waals surface area (Å²) in [5.74, 6) is 0.685. The number of benzene rings is 1. The maximum absolute atomic E-state index is 12.5. The van der Waals surface area contributed by atoms with Crippen LogP contribution in [-0.2, 0) is 11.3 Å². The fourth-order valence-corrected chi connectivity index (χ4v) is 4.56. The van der Waals surface area contributed by atoms with E-state index < -0.39 is 5.91 Å². The van der Waals surface area contributed by atoms with Gasteiger partial charge in [-0.1, -0.05) is 42.1 Å². The van der Waals surface area contributed by atoms with Gasteiger partial charge in [0.15, 0.2) is 11.0 Å². The first-order chi connectivity index (χ1) is 15.0. The van der Waals surface area contributed by atoms with Gasteiger partial charge in [-0.2, -0.15) is 0 Å². The van der Waals surface area contributed by atoms with E-state index in [1.165, 1.54) is 23.1 Å². The lowest BCUT2D eigenvalue weighted by atomic mass is 10.2. The summed E-state index contributed by atoms with van der Waals surface area (Å²) in [7, 11) is 0. The predicted octanol–water partition coefficient (Wildman–Crippen LogP) is 3.79. The summed E-state index contributed by atoms with van der Waals surface area (Å²) < 4.78 is 7.40. The van der Waals surface area contributed by atoms with Crippen molar-refractivity contribution in [1.29, 1.82) is 0 Å². The lowest BCUT2D eigenvalue weighted by molar-refractivity contribution is -0.113. The summed E-state index contributed by atoms with van der Waals surface area (Å²) in [5, 5.41) is 14.2. The zero-order valence-corrected chi connectivity index (χ0v) is 18.2. The van der Waals surface area contributed by atoms with Gasteiger partial charge < -0.3 is 15.5 Å². The molecule has 0 unspecified atom stereocenters. The van der Waals surface area contributed by atoms with Gasteiger partial charge in [-0.25, -0.2) is 0 Å². The number of carbonyl (C=O) groups excluding carboxylic acids is 2. The number of nitrogens with two attached hydrogens (primary N) is 1. The van der Waals surface area contributed by atoms with Crippen LogP contribution in [0.5, 0.6) is 0 Å². The number of nitrogens with zero attached hydrogens (tertiary/aromatic N) is 3. The van der Waals surface area contributed by atoms with E-state index in [0.29, 0.717) is 28.1 Å². The third-order valence-electron chi connectivity index (χ3n) is 4.52. The topological polar surface area (TPSA) is 116 Å². The fraction of sp³-hybridized carbons (Fsp3) is 0.143. The minimum atomic E-state index is -0.577. The van der Waals surface area contributed by atoms with Gasteiger partial charge in [-0.3, -0.25) is 14.2 Å². The van der Waals surface area contributed by atoms with Crippen molar-refractivity contribution in [2.75, 3.05) is 11.1 Å². The molecule has 0 radical (unpaired) electrons. The Bertz CT molecular complexity index is 1210. The smallest absolute Gasteiger partial charge is 0.251 e. The first-order valence-electron chi connectivity index (χ1n) is 9.34. The molecule has 3 heterocycles. The first kappa shape index (κ1) is 20.9. The number of rotatable bonds is 8. The quantitative estimate of drug-likeness (QED) is 0.392. The molecule has 0 aliphatic heterocycles. The Kier molecular flexibility index (Phi) is 6.19. The van der Waals surface area contributed by atoms with E-state index in [9.17, 15) is 9.59 Å². The van der Waals surface area contributed by atoms with Crippen molar-refractivity contribution in [3.63, 3.8) is 0 Å². The number of nitrogens with one attached hydrogen (secondary N) is 1. The number of anilines is 1. The Morgan fingerprint density at radius 2 is 2.00 bits per heavy atom. The van der Waals surface area contributed by atoms with Crippen molar-refractivity contribution in [2.45, 2.75) is 18.6 Å². The van der Waals surface area contributed by atoms with Crippen molar-refractivity contribution in [2.24, 2.45) is 5.73 Å². The number of furan rings is 1. The normalized spacial score (nSPS) is 10.9. The lowest BCUT2D eigenvalue weighted by Gasteiger charge is -2.10. The molecular formula is C21H19N5O3S2. The number of hydrogen-bond donors (Lipinski definition) is 2. The van der Waals surface area contributed by atoms with Crippen LogP contribution in [0.3, 0.4) is 0 Å². The number of carbonyl (C=O) groups is 2. The summed E-state index contributed by atoms with van der Waals surface area (Å²) in [6.45, 7) is 2.42. The molecular weight excluding hydrogens is 434 g/mol. The molecule has 3 N–H and O–H groups in total. The SMILES string of the molecule is Cc1occc1-c1nnc(SCC(=O)Nc2sccc2C(N)=O)n1Cc1ccccc1. The molecule has 4 rings (SSSR count). The fourth-order valence-electron chi connectivity index (χ4n) is 3.01. The summed E-state index contributed by atoms with van der Waals surface area (Å²) in [6, 6.07) is 13.4. The highest BCUT2D eigenvalue weighted by Gasteiger charge is 2.19. The van der Waals surface area contributed by atoms with Crippen molar-refractivity contribution in [1.82, 2.24) is 14.8 Å². The average molecular weight is 454 g/mol. The van der Waals surface area contributed by atoms with Gasteiger partial charge in [0.1, 0.15) is 10.8 Å². The van der Waals surface area contributed by atoms with Crippen LogP contribution in [0.15, 0.2) is 63.7 Å². The Morgan fingerprint density at radius 1 is 1.19 bits per heavy atom. The van der Waals surface area contributed by atoms with Gasteiger partial charge in [-0.15, -0.1) is 21.5 Å². The molecule has 0 aliphatic rings. The number of thioether (sulfide) groups is 1. The number of primary amides is 1. The summed E-state index contributed by atoms with van der Waals surface area (Å²) >= 11 is 2.52. The molecule has 0 atom stereocenters. The molecule has 0 aliphatic carbocycles. The Morgan fingerprint density at radius 3 is 2.71 bits per heavy atom. The molecule has 3 aromatic heterocycles. The van der Waals surface area contributed by atoms with Gasteiger partial charge in [0.2, 0.25) is 5.91 Å². The molecule has 10 heteroatoms. The number of amides is 2. The van der Waals surface area contributed by atoms with Crippen molar-refractivity contribution < 1.29 is 14.0 Å². The molecule has 2 amide bonds. The maximum atomic E-state index is 12.5. The van der Waals surface area contributed by atoms with Crippen LogP contribution in [0.4, 0.5) is 5.00 Å². The third kappa shape index (κ3) is 4.70. The van der Waals surface area contributed by atoms with Gasteiger partial charge in [0.25, 0.3) is 5.91 Å². The highest BCUT2D eigenvalue weighted by Crippen LogP contribution is 2.28. The second-order valence-corrected chi connectivity index (χ2v) is 8.49. The second-order valence-electron chi connectivity index (χ2n) is 6.63. The van der Waals surface area contributed by atoms with E-state index in [-0.39, 0.29) is 11.7 Å². The van der Waals surface area contributed by atoms with E-state index in [1.807, 2.05) is 47.9 Å². The zero-order chi connectivity index (χ0) is 21.8. The van der Waals surface area contributed by atoms with Crippen LogP contribution < -0.4 is 11.1 Å². The molecule has 0 bridgehead atoms. The van der Waals surface area contributed by atoms with Crippen molar-refractivity contribution in [3.8, 4) is 11.4 Å². The molecule has 1 aromatic carbocycles. The lowest BCUT2D eigenvalue weighted by Crippen LogP contribution is -2.18. The van der Waals surface area contributed by atoms with Crippen LogP contribution in [-0.4, -0.2) is 32.3 Å². The van der Waals surface area contributed by atoms with E-state index in [1.54, 1.807) is 17.7 Å². The van der Waals surface area contributed by atoms with E-state index >= 15 is 0 Å². The molecule has 0 saturated heterocycles. The summed E-state index contributed by atoms with van der Waals surface area (Å²) in [6.07, 6.45) is 1.61. The van der Waals surface area contributed by atoms with Gasteiger partial charge in [0.05, 0.1) is 29.7 Å². The van der Waals surface area contributed by atoms with E-state index in [0.717, 1.165) is 16.9 Å². The maximum Gasteiger partial charge on any atom is 0.251 e. The summed E-state index contributed by atoms with van der Waals surface area (Å²) in [5.41, 5.74) is 7.57. The highest BCUT2D eigenvalue weighted by atomic mass is 32.2.